The number of fused-ring (bicyclic) bond motifs is 3. The first-order valence-corrected chi connectivity index (χ1v) is 13.6. The highest BCUT2D eigenvalue weighted by atomic mass is 16.3. The zero-order chi connectivity index (χ0) is 26.6. The number of aromatic nitrogens is 1. The first-order chi connectivity index (χ1) is 19.2. The lowest BCUT2D eigenvalue weighted by atomic mass is 10.1. The lowest BCUT2D eigenvalue weighted by molar-refractivity contribution is 0.0951. The number of pyridine rings is 1. The summed E-state index contributed by atoms with van der Waals surface area (Å²) < 4.78 is 7.40. The Morgan fingerprint density at radius 2 is 1.59 bits per heavy atom. The number of carbonyl (C=O) groups is 1. The Bertz CT molecular complexity index is 1630. The van der Waals surface area contributed by atoms with Crippen molar-refractivity contribution in [3.63, 3.8) is 0 Å². The predicted molar refractivity (Wildman–Crippen MR) is 156 cm³/mol. The minimum atomic E-state index is -0.135. The highest BCUT2D eigenvalue weighted by Gasteiger charge is 2.18. The maximum absolute atomic E-state index is 13.3. The first-order valence-electron chi connectivity index (χ1n) is 13.6. The monoisotopic (exact) mass is 520 g/mol. The van der Waals surface area contributed by atoms with Crippen LogP contribution in [0.1, 0.15) is 22.3 Å². The summed E-state index contributed by atoms with van der Waals surface area (Å²) in [5.41, 5.74) is 3.95. The molecule has 6 rings (SSSR count). The molecule has 0 aliphatic carbocycles. The Morgan fingerprint density at radius 1 is 0.846 bits per heavy atom. The fraction of sp³-hybridized carbons (Fsp3) is 0.250. The van der Waals surface area contributed by atoms with Crippen LogP contribution in [0, 0.1) is 0 Å². The van der Waals surface area contributed by atoms with E-state index in [1.165, 1.54) is 5.69 Å². The second kappa shape index (κ2) is 11.2. The van der Waals surface area contributed by atoms with Crippen LogP contribution in [0.15, 0.2) is 100 Å². The average Bonchev–Trinajstić information content (AvgIpc) is 3.49. The summed E-state index contributed by atoms with van der Waals surface area (Å²) >= 11 is 0. The minimum Gasteiger partial charge on any atom is -0.463 e. The zero-order valence-electron chi connectivity index (χ0n) is 21.9. The number of hydrogen-bond acceptors (Lipinski definition) is 5. The third-order valence-corrected chi connectivity index (χ3v) is 7.55. The van der Waals surface area contributed by atoms with Crippen LogP contribution in [0.4, 0.5) is 5.69 Å². The quantitative estimate of drug-likeness (QED) is 0.300. The number of hydrogen-bond donors (Lipinski definition) is 1. The molecule has 1 N–H and O–H groups in total. The van der Waals surface area contributed by atoms with Gasteiger partial charge in [-0.15, -0.1) is 0 Å². The van der Waals surface area contributed by atoms with E-state index < -0.39 is 0 Å². The summed E-state index contributed by atoms with van der Waals surface area (Å²) in [6.45, 7) is 6.04. The highest BCUT2D eigenvalue weighted by Crippen LogP contribution is 2.25. The van der Waals surface area contributed by atoms with Crippen LogP contribution in [-0.4, -0.2) is 54.6 Å². The van der Waals surface area contributed by atoms with E-state index in [1.807, 2.05) is 42.5 Å². The molecule has 0 unspecified atom stereocenters. The van der Waals surface area contributed by atoms with Crippen molar-refractivity contribution < 1.29 is 9.21 Å². The molecule has 1 aliphatic heterocycles. The Labute approximate surface area is 227 Å². The third kappa shape index (κ3) is 5.31. The summed E-state index contributed by atoms with van der Waals surface area (Å²) in [4.78, 5) is 31.3. The molecule has 2 aromatic heterocycles. The van der Waals surface area contributed by atoms with Gasteiger partial charge in [0.15, 0.2) is 0 Å². The summed E-state index contributed by atoms with van der Waals surface area (Å²) in [5, 5.41) is 4.43. The van der Waals surface area contributed by atoms with E-state index in [1.54, 1.807) is 29.0 Å². The molecular formula is C32H32N4O3. The molecule has 198 valence electrons. The SMILES string of the molecule is O=C(NCCCN1CCN(c2ccccc2)CC1)c1ccc2c3occc3c(=O)n(Cc3ccccc3)c2c1. The molecule has 7 heteroatoms. The molecule has 0 radical (unpaired) electrons. The standard InChI is InChI=1S/C32H32N4O3/c37-31(33-15-7-16-34-17-19-35(20-18-34)26-10-5-2-6-11-26)25-12-13-27-29(22-25)36(23-24-8-3-1-4-9-24)32(38)28-14-21-39-30(27)28/h1-6,8-14,21-22H,7,15-20,23H2,(H,33,37). The van der Waals surface area contributed by atoms with Crippen molar-refractivity contribution in [2.75, 3.05) is 44.2 Å². The molecule has 1 saturated heterocycles. The van der Waals surface area contributed by atoms with Gasteiger partial charge in [-0.3, -0.25) is 14.5 Å². The molecule has 39 heavy (non-hydrogen) atoms. The van der Waals surface area contributed by atoms with Crippen molar-refractivity contribution in [1.29, 1.82) is 0 Å². The van der Waals surface area contributed by atoms with Gasteiger partial charge in [0.1, 0.15) is 5.58 Å². The molecule has 0 saturated carbocycles. The van der Waals surface area contributed by atoms with Crippen molar-refractivity contribution >= 4 is 33.5 Å². The molecule has 3 heterocycles. The van der Waals surface area contributed by atoms with Crippen LogP contribution in [-0.2, 0) is 6.54 Å². The maximum atomic E-state index is 13.3. The summed E-state index contributed by atoms with van der Waals surface area (Å²) in [6.07, 6.45) is 2.43. The van der Waals surface area contributed by atoms with Gasteiger partial charge in [0.05, 0.1) is 23.7 Å². The smallest absolute Gasteiger partial charge is 0.262 e. The van der Waals surface area contributed by atoms with E-state index in [-0.39, 0.29) is 11.5 Å². The second-order valence-electron chi connectivity index (χ2n) is 10.0. The Hall–Kier alpha value is -4.36. The molecular weight excluding hydrogens is 488 g/mol. The number of piperazine rings is 1. The average molecular weight is 521 g/mol. The topological polar surface area (TPSA) is 70.7 Å². The molecule has 1 aliphatic rings. The van der Waals surface area contributed by atoms with Gasteiger partial charge in [-0.1, -0.05) is 48.5 Å². The van der Waals surface area contributed by atoms with Gasteiger partial charge in [0, 0.05) is 49.4 Å². The fourth-order valence-corrected chi connectivity index (χ4v) is 5.43. The number of benzene rings is 3. The highest BCUT2D eigenvalue weighted by molar-refractivity contribution is 6.05. The van der Waals surface area contributed by atoms with Crippen molar-refractivity contribution in [3.8, 4) is 0 Å². The molecule has 5 aromatic rings. The Morgan fingerprint density at radius 3 is 2.36 bits per heavy atom. The summed E-state index contributed by atoms with van der Waals surface area (Å²) in [6, 6.07) is 27.6. The lowest BCUT2D eigenvalue weighted by Gasteiger charge is -2.36. The lowest BCUT2D eigenvalue weighted by Crippen LogP contribution is -2.47. The van der Waals surface area contributed by atoms with E-state index >= 15 is 0 Å². The van der Waals surface area contributed by atoms with Gasteiger partial charge in [0.25, 0.3) is 11.5 Å². The summed E-state index contributed by atoms with van der Waals surface area (Å²) in [7, 11) is 0. The van der Waals surface area contributed by atoms with E-state index in [0.717, 1.165) is 50.1 Å². The number of anilines is 1. The van der Waals surface area contributed by atoms with Crippen molar-refractivity contribution in [2.45, 2.75) is 13.0 Å². The molecule has 3 aromatic carbocycles. The van der Waals surface area contributed by atoms with E-state index in [0.29, 0.717) is 35.1 Å². The minimum absolute atomic E-state index is 0.125. The van der Waals surface area contributed by atoms with Crippen molar-refractivity contribution in [1.82, 2.24) is 14.8 Å². The van der Waals surface area contributed by atoms with Crippen LogP contribution in [0.2, 0.25) is 0 Å². The third-order valence-electron chi connectivity index (χ3n) is 7.55. The number of amides is 1. The van der Waals surface area contributed by atoms with Gasteiger partial charge < -0.3 is 19.2 Å². The Balaban J connectivity index is 1.11. The van der Waals surface area contributed by atoms with Gasteiger partial charge >= 0.3 is 0 Å². The molecule has 0 spiro atoms. The van der Waals surface area contributed by atoms with Gasteiger partial charge in [-0.05, 0) is 54.9 Å². The van der Waals surface area contributed by atoms with Crippen molar-refractivity contribution in [3.05, 3.63) is 113 Å². The number of rotatable bonds is 8. The summed E-state index contributed by atoms with van der Waals surface area (Å²) in [5.74, 6) is -0.135. The van der Waals surface area contributed by atoms with Crippen molar-refractivity contribution in [2.24, 2.45) is 0 Å². The first kappa shape index (κ1) is 24.9. The molecule has 1 fully saturated rings. The normalized spacial score (nSPS) is 14.2. The van der Waals surface area contributed by atoms with Gasteiger partial charge in [0.2, 0.25) is 0 Å². The Kier molecular flexibility index (Phi) is 7.15. The molecule has 0 atom stereocenters. The van der Waals surface area contributed by atoms with Gasteiger partial charge in [-0.2, -0.15) is 0 Å². The predicted octanol–water partition coefficient (Wildman–Crippen LogP) is 4.74. The van der Waals surface area contributed by atoms with Crippen LogP contribution < -0.4 is 15.8 Å². The second-order valence-corrected chi connectivity index (χ2v) is 10.0. The molecule has 1 amide bonds. The van der Waals surface area contributed by atoms with E-state index in [4.69, 9.17) is 4.42 Å². The number of carbonyl (C=O) groups excluding carboxylic acids is 1. The van der Waals surface area contributed by atoms with Crippen LogP contribution in [0.3, 0.4) is 0 Å². The van der Waals surface area contributed by atoms with Crippen LogP contribution >= 0.6 is 0 Å². The number of nitrogens with zero attached hydrogens (tertiary/aromatic N) is 3. The number of furan rings is 1. The fourth-order valence-electron chi connectivity index (χ4n) is 5.43. The zero-order valence-corrected chi connectivity index (χ0v) is 21.9. The maximum Gasteiger partial charge on any atom is 0.262 e. The number of para-hydroxylation sites is 1. The van der Waals surface area contributed by atoms with E-state index in [2.05, 4.69) is 39.4 Å². The van der Waals surface area contributed by atoms with E-state index in [9.17, 15) is 9.59 Å². The van der Waals surface area contributed by atoms with Gasteiger partial charge in [-0.25, -0.2) is 0 Å². The number of nitrogens with one attached hydrogen (secondary N) is 1. The van der Waals surface area contributed by atoms with Crippen LogP contribution in [0.5, 0.6) is 0 Å². The molecule has 7 nitrogen and oxygen atoms in total. The van der Waals surface area contributed by atoms with Crippen LogP contribution in [0.25, 0.3) is 21.9 Å². The molecule has 0 bridgehead atoms. The largest absolute Gasteiger partial charge is 0.463 e.